The Hall–Kier alpha value is -1.32. The molecule has 0 saturated heterocycles. The van der Waals surface area contributed by atoms with Crippen LogP contribution in [0.5, 0.6) is 0 Å². The van der Waals surface area contributed by atoms with E-state index in [0.29, 0.717) is 38.9 Å². The molecule has 0 rings (SSSR count). The van der Waals surface area contributed by atoms with Crippen LogP contribution in [-0.4, -0.2) is 25.2 Å². The van der Waals surface area contributed by atoms with E-state index >= 15 is 0 Å². The van der Waals surface area contributed by atoms with E-state index in [1.807, 2.05) is 6.08 Å². The predicted molar refractivity (Wildman–Crippen MR) is 126 cm³/mol. The highest BCUT2D eigenvalue weighted by molar-refractivity contribution is 5.70. The van der Waals surface area contributed by atoms with Crippen molar-refractivity contribution in [2.24, 2.45) is 0 Å². The molecule has 0 aromatic carbocycles. The highest BCUT2D eigenvalue weighted by Gasteiger charge is 2.06. The molecule has 0 aromatic heterocycles. The summed E-state index contributed by atoms with van der Waals surface area (Å²) < 4.78 is 10.4. The molecule has 30 heavy (non-hydrogen) atoms. The number of carbonyl (C=O) groups excluding carboxylic acids is 2. The molecular formula is C26H48O4. The summed E-state index contributed by atoms with van der Waals surface area (Å²) in [5.74, 6) is -0.319. The second kappa shape index (κ2) is 24.0. The van der Waals surface area contributed by atoms with Crippen molar-refractivity contribution in [3.63, 3.8) is 0 Å². The van der Waals surface area contributed by atoms with Gasteiger partial charge < -0.3 is 9.47 Å². The first-order valence-electron chi connectivity index (χ1n) is 12.7. The molecule has 0 aliphatic heterocycles. The molecule has 0 spiro atoms. The fourth-order valence-corrected chi connectivity index (χ4v) is 3.34. The molecule has 0 atom stereocenters. The van der Waals surface area contributed by atoms with Gasteiger partial charge in [0, 0.05) is 12.8 Å². The normalized spacial score (nSPS) is 11.1. The fourth-order valence-electron chi connectivity index (χ4n) is 3.34. The van der Waals surface area contributed by atoms with Crippen molar-refractivity contribution < 1.29 is 19.1 Å². The van der Waals surface area contributed by atoms with Gasteiger partial charge in [0.1, 0.15) is 0 Å². The van der Waals surface area contributed by atoms with E-state index in [1.165, 1.54) is 64.2 Å². The van der Waals surface area contributed by atoms with Crippen LogP contribution in [0.1, 0.15) is 129 Å². The number of carbonyl (C=O) groups is 2. The number of hydrogen-bond donors (Lipinski definition) is 0. The Morgan fingerprint density at radius 2 is 1.03 bits per heavy atom. The van der Waals surface area contributed by atoms with Crippen LogP contribution in [-0.2, 0) is 19.1 Å². The van der Waals surface area contributed by atoms with E-state index in [-0.39, 0.29) is 11.9 Å². The molecule has 0 heterocycles. The SMILES string of the molecule is CC/C=C/CCOC(=O)CCCCC(=O)OCCCCCCCCCCCCCC. The van der Waals surface area contributed by atoms with Gasteiger partial charge in [-0.25, -0.2) is 0 Å². The summed E-state index contributed by atoms with van der Waals surface area (Å²) in [7, 11) is 0. The van der Waals surface area contributed by atoms with Crippen molar-refractivity contribution in [2.45, 2.75) is 129 Å². The summed E-state index contributed by atoms with van der Waals surface area (Å²) in [6.45, 7) is 5.31. The van der Waals surface area contributed by atoms with Crippen LogP contribution in [0, 0.1) is 0 Å². The molecule has 0 aliphatic carbocycles. The highest BCUT2D eigenvalue weighted by Crippen LogP contribution is 2.12. The van der Waals surface area contributed by atoms with E-state index in [9.17, 15) is 9.59 Å². The van der Waals surface area contributed by atoms with Crippen molar-refractivity contribution in [3.8, 4) is 0 Å². The Morgan fingerprint density at radius 3 is 1.53 bits per heavy atom. The number of ether oxygens (including phenoxy) is 2. The van der Waals surface area contributed by atoms with Gasteiger partial charge in [-0.15, -0.1) is 0 Å². The predicted octanol–water partition coefficient (Wildman–Crippen LogP) is 7.69. The number of unbranched alkanes of at least 4 members (excludes halogenated alkanes) is 12. The van der Waals surface area contributed by atoms with Gasteiger partial charge in [0.15, 0.2) is 0 Å². The lowest BCUT2D eigenvalue weighted by atomic mass is 10.1. The Kier molecular flexibility index (Phi) is 22.9. The first-order chi connectivity index (χ1) is 14.7. The number of esters is 2. The first kappa shape index (κ1) is 28.7. The summed E-state index contributed by atoms with van der Waals surface area (Å²) in [6, 6.07) is 0. The van der Waals surface area contributed by atoms with Crippen LogP contribution in [0.15, 0.2) is 12.2 Å². The van der Waals surface area contributed by atoms with Crippen LogP contribution < -0.4 is 0 Å². The maximum atomic E-state index is 11.7. The quantitative estimate of drug-likeness (QED) is 0.101. The largest absolute Gasteiger partial charge is 0.466 e. The second-order valence-corrected chi connectivity index (χ2v) is 8.21. The lowest BCUT2D eigenvalue weighted by Gasteiger charge is -2.06. The standard InChI is InChI=1S/C26H48O4/c1-3-5-7-9-10-11-12-13-14-15-16-20-24-30-26(28)22-18-17-21-25(27)29-23-19-8-6-4-2/h6,8H,3-5,7,9-24H2,1-2H3/b8-6+. The van der Waals surface area contributed by atoms with Gasteiger partial charge >= 0.3 is 11.9 Å². The van der Waals surface area contributed by atoms with Crippen molar-refractivity contribution >= 4 is 11.9 Å². The zero-order chi connectivity index (χ0) is 22.1. The smallest absolute Gasteiger partial charge is 0.305 e. The van der Waals surface area contributed by atoms with Crippen LogP contribution in [0.3, 0.4) is 0 Å². The van der Waals surface area contributed by atoms with Gasteiger partial charge in [-0.3, -0.25) is 9.59 Å². The van der Waals surface area contributed by atoms with E-state index in [0.717, 1.165) is 25.7 Å². The van der Waals surface area contributed by atoms with Crippen LogP contribution in [0.25, 0.3) is 0 Å². The van der Waals surface area contributed by atoms with Gasteiger partial charge in [-0.1, -0.05) is 96.6 Å². The van der Waals surface area contributed by atoms with Gasteiger partial charge in [0.25, 0.3) is 0 Å². The molecule has 0 saturated carbocycles. The number of allylic oxidation sites excluding steroid dienone is 1. The molecule has 0 bridgehead atoms. The van der Waals surface area contributed by atoms with Crippen molar-refractivity contribution in [3.05, 3.63) is 12.2 Å². The number of hydrogen-bond acceptors (Lipinski definition) is 4. The van der Waals surface area contributed by atoms with Crippen LogP contribution in [0.2, 0.25) is 0 Å². The van der Waals surface area contributed by atoms with Gasteiger partial charge in [-0.2, -0.15) is 0 Å². The highest BCUT2D eigenvalue weighted by atomic mass is 16.5. The van der Waals surface area contributed by atoms with Crippen molar-refractivity contribution in [1.82, 2.24) is 0 Å². The van der Waals surface area contributed by atoms with Crippen LogP contribution >= 0.6 is 0 Å². The minimum absolute atomic E-state index is 0.142. The second-order valence-electron chi connectivity index (χ2n) is 8.21. The maximum Gasteiger partial charge on any atom is 0.305 e. The Bertz CT molecular complexity index is 417. The molecule has 4 nitrogen and oxygen atoms in total. The molecule has 0 aromatic rings. The lowest BCUT2D eigenvalue weighted by molar-refractivity contribution is -0.145. The van der Waals surface area contributed by atoms with Gasteiger partial charge in [0.05, 0.1) is 13.2 Å². The molecule has 0 fully saturated rings. The van der Waals surface area contributed by atoms with E-state index in [4.69, 9.17) is 9.47 Å². The van der Waals surface area contributed by atoms with Crippen molar-refractivity contribution in [2.75, 3.05) is 13.2 Å². The molecule has 0 aliphatic rings. The van der Waals surface area contributed by atoms with Crippen LogP contribution in [0.4, 0.5) is 0 Å². The summed E-state index contributed by atoms with van der Waals surface area (Å²) in [5, 5.41) is 0. The minimum Gasteiger partial charge on any atom is -0.466 e. The van der Waals surface area contributed by atoms with E-state index in [1.54, 1.807) is 0 Å². The fraction of sp³-hybridized carbons (Fsp3) is 0.846. The molecule has 4 heteroatoms. The monoisotopic (exact) mass is 424 g/mol. The summed E-state index contributed by atoms with van der Waals surface area (Å²) in [4.78, 5) is 23.3. The zero-order valence-electron chi connectivity index (χ0n) is 19.9. The Balaban J connectivity index is 3.28. The third kappa shape index (κ3) is 23.0. The molecule has 0 amide bonds. The summed E-state index contributed by atoms with van der Waals surface area (Å²) in [5.41, 5.74) is 0. The van der Waals surface area contributed by atoms with E-state index in [2.05, 4.69) is 19.9 Å². The topological polar surface area (TPSA) is 52.6 Å². The first-order valence-corrected chi connectivity index (χ1v) is 12.7. The summed E-state index contributed by atoms with van der Waals surface area (Å²) >= 11 is 0. The Morgan fingerprint density at radius 1 is 0.567 bits per heavy atom. The molecule has 0 N–H and O–H groups in total. The van der Waals surface area contributed by atoms with Crippen molar-refractivity contribution in [1.29, 1.82) is 0 Å². The average Bonchev–Trinajstić information content (AvgIpc) is 2.74. The van der Waals surface area contributed by atoms with E-state index < -0.39 is 0 Å². The third-order valence-electron chi connectivity index (χ3n) is 5.22. The summed E-state index contributed by atoms with van der Waals surface area (Å²) in [6.07, 6.45) is 23.6. The molecule has 176 valence electrons. The molecular weight excluding hydrogens is 376 g/mol. The molecule has 0 radical (unpaired) electrons. The lowest BCUT2D eigenvalue weighted by Crippen LogP contribution is -2.07. The minimum atomic E-state index is -0.176. The third-order valence-corrected chi connectivity index (χ3v) is 5.22. The molecule has 0 unspecified atom stereocenters. The maximum absolute atomic E-state index is 11.7. The zero-order valence-corrected chi connectivity index (χ0v) is 19.9. The Labute approximate surface area is 186 Å². The average molecular weight is 425 g/mol. The van der Waals surface area contributed by atoms with Gasteiger partial charge in [-0.05, 0) is 32.1 Å². The van der Waals surface area contributed by atoms with Gasteiger partial charge in [0.2, 0.25) is 0 Å². The number of rotatable bonds is 22.